The smallest absolute Gasteiger partial charge is 0.264 e. The summed E-state index contributed by atoms with van der Waals surface area (Å²) in [7, 11) is -2.69. The second-order valence-electron chi connectivity index (χ2n) is 7.75. The molecule has 1 saturated carbocycles. The van der Waals surface area contributed by atoms with Crippen molar-refractivity contribution < 1.29 is 22.3 Å². The number of sulfonamides is 1. The SMILES string of the molecule is COc1ccc(S(=O)(=O)N(CC(=O)NC2CCCCCCC2)c2ccccc2F)cc1. The standard InChI is InChI=1S/C23H29FN2O4S/c1-30-19-13-15-20(16-14-19)31(28,29)26(22-12-8-7-11-21(22)24)17-23(27)25-18-9-5-3-2-4-6-10-18/h7-8,11-16,18H,2-6,9-10,17H2,1H3,(H,25,27). The number of amides is 1. The van der Waals surface area contributed by atoms with Crippen LogP contribution < -0.4 is 14.4 Å². The zero-order valence-electron chi connectivity index (χ0n) is 17.7. The molecule has 6 nitrogen and oxygen atoms in total. The quantitative estimate of drug-likeness (QED) is 0.687. The third-order valence-electron chi connectivity index (χ3n) is 5.53. The van der Waals surface area contributed by atoms with E-state index in [-0.39, 0.29) is 16.6 Å². The van der Waals surface area contributed by atoms with Crippen molar-refractivity contribution in [2.24, 2.45) is 0 Å². The lowest BCUT2D eigenvalue weighted by molar-refractivity contribution is -0.120. The van der Waals surface area contributed by atoms with E-state index in [1.807, 2.05) is 0 Å². The monoisotopic (exact) mass is 448 g/mol. The maximum atomic E-state index is 14.6. The molecule has 0 atom stereocenters. The van der Waals surface area contributed by atoms with Crippen LogP contribution in [0.3, 0.4) is 0 Å². The first-order valence-corrected chi connectivity index (χ1v) is 12.1. The first-order chi connectivity index (χ1) is 14.9. The van der Waals surface area contributed by atoms with Crippen molar-refractivity contribution in [3.05, 3.63) is 54.3 Å². The number of halogens is 1. The Balaban J connectivity index is 1.86. The predicted octanol–water partition coefficient (Wildman–Crippen LogP) is 4.26. The highest BCUT2D eigenvalue weighted by Gasteiger charge is 2.29. The second kappa shape index (κ2) is 10.6. The molecule has 0 saturated heterocycles. The van der Waals surface area contributed by atoms with Crippen molar-refractivity contribution >= 4 is 21.6 Å². The molecule has 2 aromatic carbocycles. The molecule has 31 heavy (non-hydrogen) atoms. The summed E-state index contributed by atoms with van der Waals surface area (Å²) >= 11 is 0. The predicted molar refractivity (Wildman–Crippen MR) is 118 cm³/mol. The van der Waals surface area contributed by atoms with Gasteiger partial charge in [0.2, 0.25) is 5.91 Å². The zero-order chi connectivity index (χ0) is 22.3. The maximum Gasteiger partial charge on any atom is 0.264 e. The summed E-state index contributed by atoms with van der Waals surface area (Å²) < 4.78 is 47.2. The van der Waals surface area contributed by atoms with Gasteiger partial charge in [-0.3, -0.25) is 9.10 Å². The number of anilines is 1. The molecule has 0 aliphatic heterocycles. The van der Waals surface area contributed by atoms with Gasteiger partial charge < -0.3 is 10.1 Å². The molecule has 0 heterocycles. The van der Waals surface area contributed by atoms with E-state index < -0.39 is 28.3 Å². The third-order valence-corrected chi connectivity index (χ3v) is 7.30. The largest absolute Gasteiger partial charge is 0.497 e. The number of benzene rings is 2. The molecule has 0 spiro atoms. The molecule has 1 amide bonds. The Morgan fingerprint density at radius 1 is 1.03 bits per heavy atom. The number of hydrogen-bond acceptors (Lipinski definition) is 4. The minimum atomic E-state index is -4.17. The summed E-state index contributed by atoms with van der Waals surface area (Å²) in [6.07, 6.45) is 7.30. The van der Waals surface area contributed by atoms with E-state index in [1.165, 1.54) is 56.0 Å². The number of nitrogens with zero attached hydrogens (tertiary/aromatic N) is 1. The Kier molecular flexibility index (Phi) is 7.90. The molecule has 0 unspecified atom stereocenters. The Hall–Kier alpha value is -2.61. The number of carbonyl (C=O) groups excluding carboxylic acids is 1. The molecule has 0 bridgehead atoms. The van der Waals surface area contributed by atoms with Crippen LogP contribution in [0.15, 0.2) is 53.4 Å². The molecular weight excluding hydrogens is 419 g/mol. The number of carbonyl (C=O) groups is 1. The van der Waals surface area contributed by atoms with Crippen molar-refractivity contribution in [1.82, 2.24) is 5.32 Å². The van der Waals surface area contributed by atoms with Gasteiger partial charge in [0, 0.05) is 6.04 Å². The van der Waals surface area contributed by atoms with E-state index in [1.54, 1.807) is 6.07 Å². The first-order valence-electron chi connectivity index (χ1n) is 10.6. The number of para-hydroxylation sites is 1. The molecule has 0 radical (unpaired) electrons. The summed E-state index contributed by atoms with van der Waals surface area (Å²) in [5.74, 6) is -0.650. The highest BCUT2D eigenvalue weighted by Crippen LogP contribution is 2.27. The Morgan fingerprint density at radius 2 is 1.65 bits per heavy atom. The molecule has 3 rings (SSSR count). The fourth-order valence-corrected chi connectivity index (χ4v) is 5.26. The Morgan fingerprint density at radius 3 is 2.26 bits per heavy atom. The lowest BCUT2D eigenvalue weighted by Crippen LogP contribution is -2.44. The molecule has 2 aromatic rings. The zero-order valence-corrected chi connectivity index (χ0v) is 18.5. The molecular formula is C23H29FN2O4S. The van der Waals surface area contributed by atoms with Crippen molar-refractivity contribution in [3.8, 4) is 5.75 Å². The fourth-order valence-electron chi connectivity index (χ4n) is 3.83. The molecule has 168 valence electrons. The Bertz CT molecular complexity index is 971. The van der Waals surface area contributed by atoms with Gasteiger partial charge in [0.1, 0.15) is 18.1 Å². The number of hydrogen-bond donors (Lipinski definition) is 1. The van der Waals surface area contributed by atoms with E-state index in [0.29, 0.717) is 5.75 Å². The van der Waals surface area contributed by atoms with E-state index >= 15 is 0 Å². The first kappa shape index (κ1) is 23.1. The molecule has 1 N–H and O–H groups in total. The second-order valence-corrected chi connectivity index (χ2v) is 9.61. The van der Waals surface area contributed by atoms with Gasteiger partial charge in [-0.25, -0.2) is 12.8 Å². The van der Waals surface area contributed by atoms with E-state index in [4.69, 9.17) is 4.74 Å². The van der Waals surface area contributed by atoms with Crippen molar-refractivity contribution in [2.45, 2.75) is 55.9 Å². The summed E-state index contributed by atoms with van der Waals surface area (Å²) in [6.45, 7) is -0.494. The van der Waals surface area contributed by atoms with Gasteiger partial charge in [-0.15, -0.1) is 0 Å². The summed E-state index contributed by atoms with van der Waals surface area (Å²) in [5.41, 5.74) is -0.161. The van der Waals surface area contributed by atoms with Crippen LogP contribution in [0.25, 0.3) is 0 Å². The van der Waals surface area contributed by atoms with Crippen LogP contribution in [0.1, 0.15) is 44.9 Å². The van der Waals surface area contributed by atoms with Crippen molar-refractivity contribution in [2.75, 3.05) is 18.0 Å². The Labute approximate surface area is 183 Å². The molecule has 0 aromatic heterocycles. The van der Waals surface area contributed by atoms with Gasteiger partial charge in [-0.1, -0.05) is 44.2 Å². The van der Waals surface area contributed by atoms with Crippen molar-refractivity contribution in [1.29, 1.82) is 0 Å². The molecule has 8 heteroatoms. The van der Waals surface area contributed by atoms with E-state index in [0.717, 1.165) is 42.8 Å². The highest BCUT2D eigenvalue weighted by atomic mass is 32.2. The topological polar surface area (TPSA) is 75.7 Å². The molecule has 1 aliphatic carbocycles. The van der Waals surface area contributed by atoms with Gasteiger partial charge in [0.15, 0.2) is 0 Å². The van der Waals surface area contributed by atoms with Gasteiger partial charge in [-0.2, -0.15) is 0 Å². The van der Waals surface area contributed by atoms with Crippen LogP contribution in [-0.4, -0.2) is 34.0 Å². The normalized spacial score (nSPS) is 15.5. The lowest BCUT2D eigenvalue weighted by Gasteiger charge is -2.26. The molecule has 1 fully saturated rings. The average molecular weight is 449 g/mol. The fraction of sp³-hybridized carbons (Fsp3) is 0.435. The van der Waals surface area contributed by atoms with Crippen LogP contribution in [0.2, 0.25) is 0 Å². The maximum absolute atomic E-state index is 14.6. The number of nitrogens with one attached hydrogen (secondary N) is 1. The van der Waals surface area contributed by atoms with Gasteiger partial charge in [0.05, 0.1) is 17.7 Å². The van der Waals surface area contributed by atoms with Crippen molar-refractivity contribution in [3.63, 3.8) is 0 Å². The lowest BCUT2D eigenvalue weighted by atomic mass is 9.97. The highest BCUT2D eigenvalue weighted by molar-refractivity contribution is 7.92. The van der Waals surface area contributed by atoms with Crippen LogP contribution in [0.5, 0.6) is 5.75 Å². The van der Waals surface area contributed by atoms with Crippen LogP contribution in [-0.2, 0) is 14.8 Å². The third kappa shape index (κ3) is 5.97. The average Bonchev–Trinajstić information content (AvgIpc) is 2.74. The van der Waals surface area contributed by atoms with E-state index in [9.17, 15) is 17.6 Å². The van der Waals surface area contributed by atoms with Crippen LogP contribution in [0.4, 0.5) is 10.1 Å². The number of rotatable bonds is 7. The van der Waals surface area contributed by atoms with Gasteiger partial charge in [0.25, 0.3) is 10.0 Å². The summed E-state index contributed by atoms with van der Waals surface area (Å²) in [5, 5.41) is 2.96. The summed E-state index contributed by atoms with van der Waals surface area (Å²) in [4.78, 5) is 12.8. The van der Waals surface area contributed by atoms with Gasteiger partial charge >= 0.3 is 0 Å². The van der Waals surface area contributed by atoms with Crippen LogP contribution in [0, 0.1) is 5.82 Å². The molecule has 1 aliphatic rings. The van der Waals surface area contributed by atoms with Gasteiger partial charge in [-0.05, 0) is 49.2 Å². The van der Waals surface area contributed by atoms with Crippen LogP contribution >= 0.6 is 0 Å². The number of ether oxygens (including phenoxy) is 1. The summed E-state index contributed by atoms with van der Waals surface area (Å²) in [6, 6.07) is 11.4. The minimum Gasteiger partial charge on any atom is -0.497 e. The minimum absolute atomic E-state index is 0.0129. The van der Waals surface area contributed by atoms with E-state index in [2.05, 4.69) is 5.32 Å². The number of methoxy groups -OCH3 is 1.